The molecule has 2 saturated heterocycles. The molecule has 2 fully saturated rings. The molecule has 1 aromatic carbocycles. The number of nitrogens with one attached hydrogen (secondary N) is 1. The maximum absolute atomic E-state index is 12.4. The van der Waals surface area contributed by atoms with Gasteiger partial charge in [0.1, 0.15) is 0 Å². The van der Waals surface area contributed by atoms with Gasteiger partial charge < -0.3 is 10.2 Å². The molecule has 17 heavy (non-hydrogen) atoms. The van der Waals surface area contributed by atoms with E-state index >= 15 is 0 Å². The standard InChI is InChI=1S/C14H16N2O/c1-8-3-9(2)12-10(4-8)11-5-15-6-14(11)7-16(14)13(12)17/h3-4,11,15H,5-7H2,1-2H3/t11-,14-,16?/m0/s1. The van der Waals surface area contributed by atoms with Crippen LogP contribution in [0.4, 0.5) is 0 Å². The third kappa shape index (κ3) is 0.990. The number of nitrogens with zero attached hydrogens (tertiary/aromatic N) is 1. The molecule has 1 N–H and O–H groups in total. The van der Waals surface area contributed by atoms with E-state index in [-0.39, 0.29) is 11.4 Å². The number of hydrogen-bond acceptors (Lipinski definition) is 2. The second-order valence-corrected chi connectivity index (χ2v) is 5.72. The number of aryl methyl sites for hydroxylation is 2. The van der Waals surface area contributed by atoms with Crippen LogP contribution in [0.15, 0.2) is 12.1 Å². The molecule has 0 unspecified atom stereocenters. The third-order valence-corrected chi connectivity index (χ3v) is 4.64. The van der Waals surface area contributed by atoms with Gasteiger partial charge in [0, 0.05) is 31.1 Å². The summed E-state index contributed by atoms with van der Waals surface area (Å²) in [6, 6.07) is 4.34. The molecule has 3 nitrogen and oxygen atoms in total. The summed E-state index contributed by atoms with van der Waals surface area (Å²) >= 11 is 0. The predicted molar refractivity (Wildman–Crippen MR) is 65.3 cm³/mol. The lowest BCUT2D eigenvalue weighted by Gasteiger charge is -2.28. The summed E-state index contributed by atoms with van der Waals surface area (Å²) in [7, 11) is 0. The van der Waals surface area contributed by atoms with Crippen LogP contribution in [-0.2, 0) is 0 Å². The Morgan fingerprint density at radius 2 is 2.24 bits per heavy atom. The maximum atomic E-state index is 12.4. The van der Waals surface area contributed by atoms with Crippen molar-refractivity contribution in [3.05, 3.63) is 34.4 Å². The van der Waals surface area contributed by atoms with Gasteiger partial charge in [-0.25, -0.2) is 0 Å². The van der Waals surface area contributed by atoms with Gasteiger partial charge in [0.15, 0.2) is 0 Å². The number of rotatable bonds is 0. The van der Waals surface area contributed by atoms with Crippen molar-refractivity contribution in [2.45, 2.75) is 25.3 Å². The van der Waals surface area contributed by atoms with Crippen LogP contribution in [-0.4, -0.2) is 36.0 Å². The van der Waals surface area contributed by atoms with Gasteiger partial charge in [0.2, 0.25) is 0 Å². The molecule has 0 saturated carbocycles. The van der Waals surface area contributed by atoms with Crippen molar-refractivity contribution in [3.8, 4) is 0 Å². The Balaban J connectivity index is 2.00. The summed E-state index contributed by atoms with van der Waals surface area (Å²) in [5, 5.41) is 3.45. The number of benzene rings is 1. The summed E-state index contributed by atoms with van der Waals surface area (Å²) in [5.74, 6) is 0.756. The van der Waals surface area contributed by atoms with Gasteiger partial charge in [-0.15, -0.1) is 0 Å². The summed E-state index contributed by atoms with van der Waals surface area (Å²) < 4.78 is 0. The van der Waals surface area contributed by atoms with Gasteiger partial charge in [-0.05, 0) is 25.0 Å². The summed E-state index contributed by atoms with van der Waals surface area (Å²) in [6.45, 7) is 7.10. The average molecular weight is 228 g/mol. The molecule has 0 aliphatic carbocycles. The van der Waals surface area contributed by atoms with E-state index in [0.29, 0.717) is 5.92 Å². The molecule has 2 atom stereocenters. The van der Waals surface area contributed by atoms with Crippen LogP contribution in [0.25, 0.3) is 0 Å². The summed E-state index contributed by atoms with van der Waals surface area (Å²) in [6.07, 6.45) is 0. The fourth-order valence-corrected chi connectivity index (χ4v) is 3.81. The molecule has 3 aliphatic rings. The van der Waals surface area contributed by atoms with E-state index in [4.69, 9.17) is 0 Å². The van der Waals surface area contributed by atoms with Gasteiger partial charge in [-0.1, -0.05) is 17.7 Å². The van der Waals surface area contributed by atoms with E-state index in [1.165, 1.54) is 11.1 Å². The Morgan fingerprint density at radius 1 is 1.41 bits per heavy atom. The fraction of sp³-hybridized carbons (Fsp3) is 0.500. The van der Waals surface area contributed by atoms with Crippen molar-refractivity contribution in [3.63, 3.8) is 0 Å². The lowest BCUT2D eigenvalue weighted by atomic mass is 9.81. The Hall–Kier alpha value is -1.35. The first-order chi connectivity index (χ1) is 8.13. The number of amides is 1. The Labute approximate surface area is 101 Å². The van der Waals surface area contributed by atoms with Crippen LogP contribution >= 0.6 is 0 Å². The zero-order chi connectivity index (χ0) is 11.8. The fourth-order valence-electron chi connectivity index (χ4n) is 3.81. The topological polar surface area (TPSA) is 32.1 Å². The highest BCUT2D eigenvalue weighted by Gasteiger charge is 2.65. The third-order valence-electron chi connectivity index (χ3n) is 4.64. The second-order valence-electron chi connectivity index (χ2n) is 5.72. The van der Waals surface area contributed by atoms with Crippen molar-refractivity contribution < 1.29 is 4.79 Å². The van der Waals surface area contributed by atoms with E-state index < -0.39 is 0 Å². The quantitative estimate of drug-likeness (QED) is 0.677. The van der Waals surface area contributed by atoms with Crippen LogP contribution < -0.4 is 5.32 Å². The molecule has 4 rings (SSSR count). The van der Waals surface area contributed by atoms with Gasteiger partial charge in [0.05, 0.1) is 5.54 Å². The lowest BCUT2D eigenvalue weighted by Crippen LogP contribution is -2.36. The molecule has 88 valence electrons. The minimum absolute atomic E-state index is 0.129. The molecule has 3 aliphatic heterocycles. The SMILES string of the molecule is Cc1cc(C)c2c(c1)[C@@H]1CNC[C@]13CN3C2=O. The van der Waals surface area contributed by atoms with Crippen molar-refractivity contribution in [1.29, 1.82) is 0 Å². The highest BCUT2D eigenvalue weighted by atomic mass is 16.2. The smallest absolute Gasteiger partial charge is 0.255 e. The van der Waals surface area contributed by atoms with E-state index in [0.717, 1.165) is 30.8 Å². The first kappa shape index (κ1) is 9.66. The second kappa shape index (κ2) is 2.72. The number of hydrogen-bond donors (Lipinski definition) is 1. The van der Waals surface area contributed by atoms with E-state index in [1.54, 1.807) is 0 Å². The molecular formula is C14H16N2O. The summed E-state index contributed by atoms with van der Waals surface area (Å²) in [5.41, 5.74) is 4.79. The van der Waals surface area contributed by atoms with Crippen molar-refractivity contribution >= 4 is 5.91 Å². The Kier molecular flexibility index (Phi) is 1.55. The zero-order valence-electron chi connectivity index (χ0n) is 10.2. The van der Waals surface area contributed by atoms with Crippen LogP contribution in [0.1, 0.15) is 33.0 Å². The highest BCUT2D eigenvalue weighted by Crippen LogP contribution is 2.53. The number of carbonyl (C=O) groups excluding carboxylic acids is 1. The molecule has 1 amide bonds. The van der Waals surface area contributed by atoms with Crippen LogP contribution in [0.5, 0.6) is 0 Å². The van der Waals surface area contributed by atoms with Crippen molar-refractivity contribution in [2.24, 2.45) is 0 Å². The monoisotopic (exact) mass is 228 g/mol. The van der Waals surface area contributed by atoms with E-state index in [9.17, 15) is 4.79 Å². The zero-order valence-corrected chi connectivity index (χ0v) is 10.2. The van der Waals surface area contributed by atoms with Gasteiger partial charge in [-0.2, -0.15) is 0 Å². The average Bonchev–Trinajstić information content (AvgIpc) is 2.81. The summed E-state index contributed by atoms with van der Waals surface area (Å²) in [4.78, 5) is 14.5. The predicted octanol–water partition coefficient (Wildman–Crippen LogP) is 1.20. The molecule has 0 bridgehead atoms. The lowest BCUT2D eigenvalue weighted by molar-refractivity contribution is 0.0837. The van der Waals surface area contributed by atoms with Crippen LogP contribution in [0.2, 0.25) is 0 Å². The molecule has 1 spiro atoms. The largest absolute Gasteiger partial charge is 0.327 e. The minimum Gasteiger partial charge on any atom is -0.327 e. The Morgan fingerprint density at radius 3 is 3.06 bits per heavy atom. The van der Waals surface area contributed by atoms with Crippen LogP contribution in [0, 0.1) is 13.8 Å². The minimum atomic E-state index is 0.129. The molecule has 3 heterocycles. The number of fused-ring (bicyclic) bond motifs is 2. The molecule has 3 heteroatoms. The van der Waals surface area contributed by atoms with Crippen molar-refractivity contribution in [2.75, 3.05) is 19.6 Å². The van der Waals surface area contributed by atoms with Gasteiger partial charge in [0.25, 0.3) is 5.91 Å². The molecular weight excluding hydrogens is 212 g/mol. The highest BCUT2D eigenvalue weighted by molar-refractivity contribution is 6.02. The van der Waals surface area contributed by atoms with E-state index in [2.05, 4.69) is 36.2 Å². The van der Waals surface area contributed by atoms with E-state index in [1.807, 2.05) is 0 Å². The molecule has 0 radical (unpaired) electrons. The molecule has 1 aromatic rings. The normalized spacial score (nSPS) is 33.2. The Bertz CT molecular complexity index is 551. The maximum Gasteiger partial charge on any atom is 0.255 e. The first-order valence-corrected chi connectivity index (χ1v) is 6.27. The molecule has 0 aromatic heterocycles. The van der Waals surface area contributed by atoms with Crippen molar-refractivity contribution in [1.82, 2.24) is 10.2 Å². The van der Waals surface area contributed by atoms with Gasteiger partial charge >= 0.3 is 0 Å². The first-order valence-electron chi connectivity index (χ1n) is 6.27. The van der Waals surface area contributed by atoms with Crippen LogP contribution in [0.3, 0.4) is 0 Å². The van der Waals surface area contributed by atoms with Gasteiger partial charge in [-0.3, -0.25) is 4.79 Å². The number of carbonyl (C=O) groups is 1.